The van der Waals surface area contributed by atoms with Crippen molar-refractivity contribution in [2.24, 2.45) is 0 Å². The van der Waals surface area contributed by atoms with Gasteiger partial charge < -0.3 is 5.32 Å². The molecule has 2 heterocycles. The number of carbonyl (C=O) groups excluding carboxylic acids is 1. The molecule has 0 spiro atoms. The molecule has 0 aliphatic carbocycles. The van der Waals surface area contributed by atoms with Crippen molar-refractivity contribution >= 4 is 28.8 Å². The first-order valence-corrected chi connectivity index (χ1v) is 4.90. The van der Waals surface area contributed by atoms with Crippen molar-refractivity contribution in [1.29, 1.82) is 0 Å². The van der Waals surface area contributed by atoms with Gasteiger partial charge in [0.1, 0.15) is 12.2 Å². The number of halogens is 1. The minimum atomic E-state index is -0.254. The number of carbonyl (C=O) groups is 1. The monoisotopic (exact) mass is 224 g/mol. The van der Waals surface area contributed by atoms with Crippen LogP contribution in [0.1, 0.15) is 5.56 Å². The highest BCUT2D eigenvalue weighted by molar-refractivity contribution is 6.29. The average Bonchev–Trinajstić information content (AvgIpc) is 2.70. The lowest BCUT2D eigenvalue weighted by molar-refractivity contribution is -0.113. The van der Waals surface area contributed by atoms with Crippen LogP contribution in [0.4, 0.5) is 5.69 Å². The number of nitrogens with one attached hydrogen (secondary N) is 1. The molecule has 78 valence electrons. The van der Waals surface area contributed by atoms with Gasteiger partial charge in [0.25, 0.3) is 0 Å². The molecule has 15 heavy (non-hydrogen) atoms. The van der Waals surface area contributed by atoms with Crippen LogP contribution in [0, 0.1) is 6.92 Å². The van der Waals surface area contributed by atoms with E-state index in [1.807, 2.05) is 19.2 Å². The Hall–Kier alpha value is -1.62. The number of aromatic nitrogens is 3. The van der Waals surface area contributed by atoms with E-state index in [1.165, 1.54) is 0 Å². The fourth-order valence-corrected chi connectivity index (χ4v) is 1.38. The Bertz CT molecular complexity index is 508. The summed E-state index contributed by atoms with van der Waals surface area (Å²) in [5.41, 5.74) is 2.20. The van der Waals surface area contributed by atoms with E-state index in [9.17, 15) is 4.79 Å². The zero-order chi connectivity index (χ0) is 10.8. The Morgan fingerprint density at radius 2 is 2.47 bits per heavy atom. The normalized spacial score (nSPS) is 10.5. The highest BCUT2D eigenvalue weighted by atomic mass is 35.5. The van der Waals surface area contributed by atoms with Gasteiger partial charge in [0.15, 0.2) is 5.65 Å². The van der Waals surface area contributed by atoms with Crippen molar-refractivity contribution in [3.05, 3.63) is 24.2 Å². The molecule has 1 N–H and O–H groups in total. The van der Waals surface area contributed by atoms with Crippen LogP contribution < -0.4 is 5.32 Å². The number of hydrogen-bond donors (Lipinski definition) is 1. The summed E-state index contributed by atoms with van der Waals surface area (Å²) in [6.45, 7) is 1.89. The summed E-state index contributed by atoms with van der Waals surface area (Å²) in [4.78, 5) is 11.2. The molecule has 2 rings (SSSR count). The highest BCUT2D eigenvalue weighted by Crippen LogP contribution is 2.19. The molecule has 2 aromatic heterocycles. The minimum Gasteiger partial charge on any atom is -0.322 e. The summed E-state index contributed by atoms with van der Waals surface area (Å²) < 4.78 is 1.73. The smallest absolute Gasteiger partial charge is 0.239 e. The highest BCUT2D eigenvalue weighted by Gasteiger charge is 2.09. The zero-order valence-corrected chi connectivity index (χ0v) is 8.82. The molecular formula is C9H9ClN4O. The first-order chi connectivity index (χ1) is 7.22. The maximum atomic E-state index is 11.2. The van der Waals surface area contributed by atoms with Crippen molar-refractivity contribution in [1.82, 2.24) is 14.6 Å². The lowest BCUT2D eigenvalue weighted by Crippen LogP contribution is -2.14. The lowest BCUT2D eigenvalue weighted by Gasteiger charge is -2.07. The number of nitrogens with zero attached hydrogens (tertiary/aromatic N) is 3. The number of pyridine rings is 1. The number of anilines is 1. The molecule has 1 amide bonds. The van der Waals surface area contributed by atoms with Crippen LogP contribution in [0.5, 0.6) is 0 Å². The fraction of sp³-hybridized carbons (Fsp3) is 0.222. The van der Waals surface area contributed by atoms with Crippen molar-refractivity contribution in [3.8, 4) is 0 Å². The first-order valence-electron chi connectivity index (χ1n) is 4.37. The molecule has 2 aromatic rings. The number of amides is 1. The average molecular weight is 225 g/mol. The maximum absolute atomic E-state index is 11.2. The Morgan fingerprint density at radius 1 is 1.67 bits per heavy atom. The van der Waals surface area contributed by atoms with Gasteiger partial charge in [-0.1, -0.05) is 0 Å². The summed E-state index contributed by atoms with van der Waals surface area (Å²) >= 11 is 5.42. The van der Waals surface area contributed by atoms with Gasteiger partial charge in [-0.15, -0.1) is 21.8 Å². The van der Waals surface area contributed by atoms with Crippen molar-refractivity contribution in [2.45, 2.75) is 6.92 Å². The molecule has 0 atom stereocenters. The van der Waals surface area contributed by atoms with E-state index >= 15 is 0 Å². The largest absolute Gasteiger partial charge is 0.322 e. The van der Waals surface area contributed by atoms with Gasteiger partial charge in [-0.2, -0.15) is 0 Å². The molecule has 0 saturated heterocycles. The molecule has 0 unspecified atom stereocenters. The molecule has 0 fully saturated rings. The molecule has 0 bridgehead atoms. The third-order valence-corrected chi connectivity index (χ3v) is 2.30. The molecule has 5 nitrogen and oxygen atoms in total. The maximum Gasteiger partial charge on any atom is 0.239 e. The van der Waals surface area contributed by atoms with Crippen molar-refractivity contribution in [3.63, 3.8) is 0 Å². The molecular weight excluding hydrogens is 216 g/mol. The van der Waals surface area contributed by atoms with E-state index in [4.69, 9.17) is 11.6 Å². The summed E-state index contributed by atoms with van der Waals surface area (Å²) in [5, 5.41) is 10.4. The van der Waals surface area contributed by atoms with Gasteiger partial charge in [0, 0.05) is 6.20 Å². The van der Waals surface area contributed by atoms with Crippen molar-refractivity contribution in [2.75, 3.05) is 11.2 Å². The number of aryl methyl sites for hydroxylation is 1. The van der Waals surface area contributed by atoms with Crippen LogP contribution in [-0.4, -0.2) is 26.4 Å². The molecule has 0 aromatic carbocycles. The fourth-order valence-electron chi connectivity index (χ4n) is 1.31. The van der Waals surface area contributed by atoms with E-state index in [1.54, 1.807) is 10.7 Å². The number of alkyl halides is 1. The summed E-state index contributed by atoms with van der Waals surface area (Å²) in [5.74, 6) is -0.329. The number of rotatable bonds is 2. The van der Waals surface area contributed by atoms with Gasteiger partial charge in [-0.25, -0.2) is 0 Å². The third-order valence-electron chi connectivity index (χ3n) is 2.06. The second kappa shape index (κ2) is 3.86. The van der Waals surface area contributed by atoms with Crippen LogP contribution in [0.3, 0.4) is 0 Å². The Kier molecular flexibility index (Phi) is 2.55. The summed E-state index contributed by atoms with van der Waals surface area (Å²) in [7, 11) is 0. The van der Waals surface area contributed by atoms with Gasteiger partial charge in [0.05, 0.1) is 5.69 Å². The Morgan fingerprint density at radius 3 is 3.20 bits per heavy atom. The molecule has 0 saturated carbocycles. The predicted octanol–water partition coefficient (Wildman–Crippen LogP) is 1.22. The topological polar surface area (TPSA) is 59.3 Å². The van der Waals surface area contributed by atoms with E-state index in [0.29, 0.717) is 11.3 Å². The van der Waals surface area contributed by atoms with E-state index in [0.717, 1.165) is 5.56 Å². The van der Waals surface area contributed by atoms with E-state index in [-0.39, 0.29) is 11.8 Å². The molecule has 0 radical (unpaired) electrons. The van der Waals surface area contributed by atoms with Crippen LogP contribution in [-0.2, 0) is 4.79 Å². The molecule has 0 aliphatic rings. The number of fused-ring (bicyclic) bond motifs is 1. The minimum absolute atomic E-state index is 0.0748. The van der Waals surface area contributed by atoms with Crippen LogP contribution in [0.15, 0.2) is 18.6 Å². The van der Waals surface area contributed by atoms with Crippen molar-refractivity contribution < 1.29 is 4.79 Å². The lowest BCUT2D eigenvalue weighted by atomic mass is 10.2. The SMILES string of the molecule is Cc1ccn2cnnc2c1NC(=O)CCl. The quantitative estimate of drug-likeness (QED) is 0.781. The van der Waals surface area contributed by atoms with Gasteiger partial charge in [-0.05, 0) is 18.6 Å². The van der Waals surface area contributed by atoms with E-state index in [2.05, 4.69) is 15.5 Å². The van der Waals surface area contributed by atoms with Gasteiger partial charge in [-0.3, -0.25) is 9.20 Å². The van der Waals surface area contributed by atoms with Crippen LogP contribution in [0.2, 0.25) is 0 Å². The second-order valence-electron chi connectivity index (χ2n) is 3.12. The predicted molar refractivity (Wildman–Crippen MR) is 57.1 cm³/mol. The molecule has 6 heteroatoms. The van der Waals surface area contributed by atoms with Crippen LogP contribution >= 0.6 is 11.6 Å². The van der Waals surface area contributed by atoms with Gasteiger partial charge in [0.2, 0.25) is 5.91 Å². The summed E-state index contributed by atoms with van der Waals surface area (Å²) in [6, 6.07) is 1.88. The second-order valence-corrected chi connectivity index (χ2v) is 3.38. The van der Waals surface area contributed by atoms with Gasteiger partial charge >= 0.3 is 0 Å². The zero-order valence-electron chi connectivity index (χ0n) is 8.07. The Balaban J connectivity index is 2.51. The van der Waals surface area contributed by atoms with Crippen LogP contribution in [0.25, 0.3) is 5.65 Å². The standard InChI is InChI=1S/C9H9ClN4O/c1-6-2-3-14-5-11-13-9(14)8(6)12-7(15)4-10/h2-3,5H,4H2,1H3,(H,12,15). The number of hydrogen-bond acceptors (Lipinski definition) is 3. The Labute approximate surface area is 91.1 Å². The van der Waals surface area contributed by atoms with E-state index < -0.39 is 0 Å². The molecule has 0 aliphatic heterocycles. The third kappa shape index (κ3) is 1.78. The first kappa shape index (κ1) is 9.92. The summed E-state index contributed by atoms with van der Waals surface area (Å²) in [6.07, 6.45) is 3.41.